The minimum Gasteiger partial charge on any atom is -0.321 e. The van der Waals surface area contributed by atoms with Gasteiger partial charge in [0.15, 0.2) is 0 Å². The van der Waals surface area contributed by atoms with E-state index in [-0.39, 0.29) is 23.7 Å². The summed E-state index contributed by atoms with van der Waals surface area (Å²) in [6.07, 6.45) is -3.50. The Morgan fingerprint density at radius 3 is 2.34 bits per heavy atom. The number of nitrogens with one attached hydrogen (secondary N) is 1. The Kier molecular flexibility index (Phi) is 5.88. The number of alkyl halides is 3. The standard InChI is InChI=1S/C18H15ClF4N2O3S/c19-12-4-6-15(13(10-12)18(21,22)23)24-17(26)11-3-5-14(20)16(9-11)29(27,28)25-7-1-2-8-25/h3-6,9-10H,1-2,7-8H2,(H,24,26). The van der Waals surface area contributed by atoms with E-state index in [0.29, 0.717) is 18.9 Å². The number of hydrogen-bond donors (Lipinski definition) is 1. The van der Waals surface area contributed by atoms with Gasteiger partial charge in [-0.1, -0.05) is 11.6 Å². The third-order valence-corrected chi connectivity index (χ3v) is 6.56. The maximum absolute atomic E-state index is 14.2. The first-order valence-corrected chi connectivity index (χ1v) is 10.3. The maximum atomic E-state index is 14.2. The van der Waals surface area contributed by atoms with Gasteiger partial charge in [-0.25, -0.2) is 12.8 Å². The van der Waals surface area contributed by atoms with Gasteiger partial charge in [-0.05, 0) is 49.2 Å². The van der Waals surface area contributed by atoms with Crippen LogP contribution < -0.4 is 5.32 Å². The number of hydrogen-bond acceptors (Lipinski definition) is 3. The highest BCUT2D eigenvalue weighted by Gasteiger charge is 2.35. The summed E-state index contributed by atoms with van der Waals surface area (Å²) >= 11 is 5.60. The molecule has 1 aliphatic rings. The third kappa shape index (κ3) is 4.54. The van der Waals surface area contributed by atoms with Gasteiger partial charge in [0.1, 0.15) is 10.7 Å². The van der Waals surface area contributed by atoms with Crippen LogP contribution in [0.4, 0.5) is 23.2 Å². The molecule has 2 aromatic rings. The van der Waals surface area contributed by atoms with Crippen molar-refractivity contribution in [1.29, 1.82) is 0 Å². The van der Waals surface area contributed by atoms with Gasteiger partial charge in [0.25, 0.3) is 5.91 Å². The van der Waals surface area contributed by atoms with Crippen molar-refractivity contribution in [2.24, 2.45) is 0 Å². The molecule has 2 aromatic carbocycles. The molecule has 0 unspecified atom stereocenters. The minimum absolute atomic E-state index is 0.170. The molecule has 1 amide bonds. The van der Waals surface area contributed by atoms with E-state index >= 15 is 0 Å². The Morgan fingerprint density at radius 1 is 1.07 bits per heavy atom. The van der Waals surface area contributed by atoms with E-state index in [4.69, 9.17) is 11.6 Å². The zero-order valence-corrected chi connectivity index (χ0v) is 16.3. The summed E-state index contributed by atoms with van der Waals surface area (Å²) in [6, 6.07) is 5.42. The van der Waals surface area contributed by atoms with Gasteiger partial charge in [0.05, 0.1) is 11.3 Å². The van der Waals surface area contributed by atoms with E-state index in [2.05, 4.69) is 5.32 Å². The van der Waals surface area contributed by atoms with Crippen LogP contribution in [-0.4, -0.2) is 31.7 Å². The van der Waals surface area contributed by atoms with Crippen molar-refractivity contribution in [3.05, 3.63) is 58.4 Å². The van der Waals surface area contributed by atoms with Crippen molar-refractivity contribution in [3.63, 3.8) is 0 Å². The normalized spacial score (nSPS) is 15.5. The molecular weight excluding hydrogens is 436 g/mol. The summed E-state index contributed by atoms with van der Waals surface area (Å²) in [5.41, 5.74) is -2.02. The Labute approximate surface area is 169 Å². The molecule has 5 nitrogen and oxygen atoms in total. The predicted octanol–water partition coefficient (Wildman–Crippen LogP) is 4.53. The average Bonchev–Trinajstić information content (AvgIpc) is 3.18. The highest BCUT2D eigenvalue weighted by molar-refractivity contribution is 7.89. The minimum atomic E-state index is -4.78. The van der Waals surface area contributed by atoms with Crippen LogP contribution in [0.1, 0.15) is 28.8 Å². The fourth-order valence-electron chi connectivity index (χ4n) is 2.96. The number of benzene rings is 2. The van der Waals surface area contributed by atoms with Crippen LogP contribution >= 0.6 is 11.6 Å². The summed E-state index contributed by atoms with van der Waals surface area (Å²) in [5, 5.41) is 1.91. The molecule has 1 aliphatic heterocycles. The molecule has 156 valence electrons. The number of sulfonamides is 1. The maximum Gasteiger partial charge on any atom is 0.418 e. The van der Waals surface area contributed by atoms with Crippen molar-refractivity contribution in [1.82, 2.24) is 4.31 Å². The largest absolute Gasteiger partial charge is 0.418 e. The van der Waals surface area contributed by atoms with Crippen molar-refractivity contribution < 1.29 is 30.8 Å². The number of halogens is 5. The first kappa shape index (κ1) is 21.5. The summed E-state index contributed by atoms with van der Waals surface area (Å²) in [5.74, 6) is -2.06. The lowest BCUT2D eigenvalue weighted by Gasteiger charge is -2.17. The SMILES string of the molecule is O=C(Nc1ccc(Cl)cc1C(F)(F)F)c1ccc(F)c(S(=O)(=O)N2CCCC2)c1. The van der Waals surface area contributed by atoms with Gasteiger partial charge in [-0.15, -0.1) is 0 Å². The van der Waals surface area contributed by atoms with E-state index in [0.717, 1.165) is 28.6 Å². The molecule has 1 fully saturated rings. The fraction of sp³-hybridized carbons (Fsp3) is 0.278. The van der Waals surface area contributed by atoms with Crippen LogP contribution in [0.3, 0.4) is 0 Å². The summed E-state index contributed by atoms with van der Waals surface area (Å²) < 4.78 is 80.0. The number of amides is 1. The molecule has 1 heterocycles. The Morgan fingerprint density at radius 2 is 1.72 bits per heavy atom. The first-order valence-electron chi connectivity index (χ1n) is 8.48. The highest BCUT2D eigenvalue weighted by Crippen LogP contribution is 2.36. The third-order valence-electron chi connectivity index (χ3n) is 4.41. The number of carbonyl (C=O) groups is 1. The Bertz CT molecular complexity index is 1050. The van der Waals surface area contributed by atoms with Gasteiger partial charge < -0.3 is 5.32 Å². The molecule has 29 heavy (non-hydrogen) atoms. The summed E-state index contributed by atoms with van der Waals surface area (Å²) in [6.45, 7) is 0.468. The molecule has 3 rings (SSSR count). The van der Waals surface area contributed by atoms with E-state index in [9.17, 15) is 30.8 Å². The zero-order chi connectivity index (χ0) is 21.4. The second kappa shape index (κ2) is 7.92. The van der Waals surface area contributed by atoms with Gasteiger partial charge >= 0.3 is 6.18 Å². The van der Waals surface area contributed by atoms with Gasteiger partial charge in [-0.3, -0.25) is 4.79 Å². The van der Waals surface area contributed by atoms with Crippen LogP contribution in [0.15, 0.2) is 41.3 Å². The van der Waals surface area contributed by atoms with Crippen LogP contribution in [0.5, 0.6) is 0 Å². The number of anilines is 1. The van der Waals surface area contributed by atoms with Crippen molar-refractivity contribution in [2.45, 2.75) is 23.9 Å². The van der Waals surface area contributed by atoms with Crippen LogP contribution in [0, 0.1) is 5.82 Å². The fourth-order valence-corrected chi connectivity index (χ4v) is 4.74. The van der Waals surface area contributed by atoms with Crippen molar-refractivity contribution in [3.8, 4) is 0 Å². The Hall–Kier alpha value is -2.17. The van der Waals surface area contributed by atoms with Crippen LogP contribution in [0.25, 0.3) is 0 Å². The molecular formula is C18H15ClF4N2O3S. The highest BCUT2D eigenvalue weighted by atomic mass is 35.5. The van der Waals surface area contributed by atoms with E-state index in [1.807, 2.05) is 0 Å². The molecule has 0 saturated carbocycles. The van der Waals surface area contributed by atoms with E-state index in [1.54, 1.807) is 0 Å². The smallest absolute Gasteiger partial charge is 0.321 e. The Balaban J connectivity index is 1.94. The van der Waals surface area contributed by atoms with Crippen LogP contribution in [-0.2, 0) is 16.2 Å². The van der Waals surface area contributed by atoms with Crippen molar-refractivity contribution in [2.75, 3.05) is 18.4 Å². The number of carbonyl (C=O) groups excluding carboxylic acids is 1. The molecule has 0 bridgehead atoms. The second-order valence-corrected chi connectivity index (χ2v) is 8.74. The van der Waals surface area contributed by atoms with Crippen LogP contribution in [0.2, 0.25) is 5.02 Å². The average molecular weight is 451 g/mol. The summed E-state index contributed by atoms with van der Waals surface area (Å²) in [4.78, 5) is 11.8. The van der Waals surface area contributed by atoms with Gasteiger partial charge in [-0.2, -0.15) is 17.5 Å². The van der Waals surface area contributed by atoms with Crippen molar-refractivity contribution >= 4 is 33.2 Å². The molecule has 0 spiro atoms. The molecule has 1 saturated heterocycles. The quantitative estimate of drug-likeness (QED) is 0.696. The second-order valence-electron chi connectivity index (χ2n) is 6.40. The number of nitrogens with zero attached hydrogens (tertiary/aromatic N) is 1. The molecule has 1 N–H and O–H groups in total. The predicted molar refractivity (Wildman–Crippen MR) is 98.8 cm³/mol. The molecule has 0 radical (unpaired) electrons. The lowest BCUT2D eigenvalue weighted by atomic mass is 10.1. The zero-order valence-electron chi connectivity index (χ0n) is 14.8. The summed E-state index contributed by atoms with van der Waals surface area (Å²) in [7, 11) is -4.15. The van der Waals surface area contributed by atoms with Gasteiger partial charge in [0, 0.05) is 23.7 Å². The first-order chi connectivity index (χ1) is 13.5. The topological polar surface area (TPSA) is 66.5 Å². The number of rotatable bonds is 4. The molecule has 11 heteroatoms. The van der Waals surface area contributed by atoms with E-state index in [1.165, 1.54) is 6.07 Å². The monoisotopic (exact) mass is 450 g/mol. The molecule has 0 aromatic heterocycles. The van der Waals surface area contributed by atoms with E-state index < -0.39 is 44.1 Å². The lowest BCUT2D eigenvalue weighted by Crippen LogP contribution is -2.29. The van der Waals surface area contributed by atoms with Gasteiger partial charge in [0.2, 0.25) is 10.0 Å². The lowest BCUT2D eigenvalue weighted by molar-refractivity contribution is -0.136. The molecule has 0 atom stereocenters. The molecule has 0 aliphatic carbocycles.